The number of anilines is 3. The number of halogens is 1. The molecule has 0 bridgehead atoms. The highest BCUT2D eigenvalue weighted by molar-refractivity contribution is 7.80. The summed E-state index contributed by atoms with van der Waals surface area (Å²) in [5.74, 6) is 3.62. The van der Waals surface area contributed by atoms with Gasteiger partial charge in [0.05, 0.1) is 13.2 Å². The molecule has 0 unspecified atom stereocenters. The molecule has 172 valence electrons. The molecule has 0 amide bonds. The van der Waals surface area contributed by atoms with Gasteiger partial charge >= 0.3 is 0 Å². The second-order valence-electron chi connectivity index (χ2n) is 8.76. The van der Waals surface area contributed by atoms with Crippen LogP contribution < -0.4 is 20.4 Å². The van der Waals surface area contributed by atoms with Crippen molar-refractivity contribution >= 4 is 46.5 Å². The second-order valence-corrected chi connectivity index (χ2v) is 9.57. The van der Waals surface area contributed by atoms with E-state index in [-0.39, 0.29) is 0 Å². The molecular formula is C23H31ClN6OS. The van der Waals surface area contributed by atoms with Gasteiger partial charge in [0.15, 0.2) is 5.11 Å². The zero-order valence-electron chi connectivity index (χ0n) is 18.7. The first-order valence-electron chi connectivity index (χ1n) is 11.2. The summed E-state index contributed by atoms with van der Waals surface area (Å²) in [5.41, 5.74) is 0.985. The molecule has 2 aliphatic rings. The Morgan fingerprint density at radius 3 is 2.44 bits per heavy atom. The van der Waals surface area contributed by atoms with Crippen molar-refractivity contribution in [2.75, 3.05) is 54.5 Å². The molecule has 3 heterocycles. The number of piperidine rings is 1. The molecule has 0 saturated carbocycles. The highest BCUT2D eigenvalue weighted by Crippen LogP contribution is 2.28. The van der Waals surface area contributed by atoms with E-state index < -0.39 is 0 Å². The topological polar surface area (TPSA) is 65.6 Å². The van der Waals surface area contributed by atoms with Crippen LogP contribution in [0.1, 0.15) is 25.8 Å². The second kappa shape index (κ2) is 10.6. The fraction of sp³-hybridized carbons (Fsp3) is 0.522. The lowest BCUT2D eigenvalue weighted by Gasteiger charge is -2.36. The van der Waals surface area contributed by atoms with E-state index in [1.54, 1.807) is 0 Å². The Kier molecular flexibility index (Phi) is 7.65. The van der Waals surface area contributed by atoms with E-state index in [2.05, 4.69) is 40.3 Å². The Labute approximate surface area is 200 Å². The largest absolute Gasteiger partial charge is 0.378 e. The zero-order chi connectivity index (χ0) is 22.5. The van der Waals surface area contributed by atoms with E-state index >= 15 is 0 Å². The SMILES string of the molecule is C[C@H]1C[C@H](C)CN(c2cc(N3CCOCC3)nc(NC(=S)NCc3ccccc3Cl)n2)C1. The van der Waals surface area contributed by atoms with Gasteiger partial charge < -0.3 is 25.2 Å². The first-order chi connectivity index (χ1) is 15.5. The molecule has 0 spiro atoms. The minimum absolute atomic E-state index is 0.468. The molecule has 0 radical (unpaired) electrons. The van der Waals surface area contributed by atoms with E-state index in [9.17, 15) is 0 Å². The summed E-state index contributed by atoms with van der Waals surface area (Å²) in [6.45, 7) is 10.2. The van der Waals surface area contributed by atoms with E-state index in [0.29, 0.717) is 47.7 Å². The first kappa shape index (κ1) is 23.0. The van der Waals surface area contributed by atoms with Crippen LogP contribution in [0.5, 0.6) is 0 Å². The predicted molar refractivity (Wildman–Crippen MR) is 135 cm³/mol. The molecule has 2 atom stereocenters. The number of aromatic nitrogens is 2. The van der Waals surface area contributed by atoms with Gasteiger partial charge in [-0.05, 0) is 42.1 Å². The van der Waals surface area contributed by atoms with Gasteiger partial charge in [0.1, 0.15) is 11.6 Å². The van der Waals surface area contributed by atoms with Gasteiger partial charge in [0, 0.05) is 43.8 Å². The van der Waals surface area contributed by atoms with Gasteiger partial charge in [-0.2, -0.15) is 9.97 Å². The Morgan fingerprint density at radius 1 is 1.09 bits per heavy atom. The van der Waals surface area contributed by atoms with Gasteiger partial charge in [-0.1, -0.05) is 43.6 Å². The van der Waals surface area contributed by atoms with Crippen LogP contribution in [0.4, 0.5) is 17.6 Å². The van der Waals surface area contributed by atoms with Gasteiger partial charge in [-0.3, -0.25) is 0 Å². The summed E-state index contributed by atoms with van der Waals surface area (Å²) >= 11 is 11.8. The van der Waals surface area contributed by atoms with Crippen molar-refractivity contribution in [1.82, 2.24) is 15.3 Å². The highest BCUT2D eigenvalue weighted by Gasteiger charge is 2.25. The Hall–Kier alpha value is -2.16. The smallest absolute Gasteiger partial charge is 0.232 e. The molecule has 2 saturated heterocycles. The summed E-state index contributed by atoms with van der Waals surface area (Å²) in [6.07, 6.45) is 1.25. The number of benzene rings is 1. The highest BCUT2D eigenvalue weighted by atomic mass is 35.5. The van der Waals surface area contributed by atoms with Crippen LogP contribution in [0.15, 0.2) is 30.3 Å². The van der Waals surface area contributed by atoms with E-state index in [4.69, 9.17) is 38.5 Å². The standard InChI is InChI=1S/C23H31ClN6OS/c1-16-11-17(2)15-30(14-16)21-12-20(29-7-9-31-10-8-29)26-22(27-21)28-23(32)25-13-18-5-3-4-6-19(18)24/h3-6,12,16-17H,7-11,13-15H2,1-2H3,(H2,25,26,27,28,32)/t16-,17-/m0/s1. The summed E-state index contributed by atoms with van der Waals surface area (Å²) < 4.78 is 5.52. The fourth-order valence-electron chi connectivity index (χ4n) is 4.41. The maximum atomic E-state index is 6.26. The van der Waals surface area contributed by atoms with Crippen LogP contribution in [-0.2, 0) is 11.3 Å². The Morgan fingerprint density at radius 2 is 1.75 bits per heavy atom. The lowest BCUT2D eigenvalue weighted by Crippen LogP contribution is -2.40. The molecule has 7 nitrogen and oxygen atoms in total. The molecule has 2 aromatic rings. The van der Waals surface area contributed by atoms with Gasteiger partial charge in [-0.25, -0.2) is 0 Å². The minimum Gasteiger partial charge on any atom is -0.378 e. The van der Waals surface area contributed by atoms with E-state index in [1.807, 2.05) is 24.3 Å². The molecule has 2 fully saturated rings. The number of morpholine rings is 1. The van der Waals surface area contributed by atoms with Crippen molar-refractivity contribution in [2.45, 2.75) is 26.8 Å². The van der Waals surface area contributed by atoms with Crippen molar-refractivity contribution in [3.63, 3.8) is 0 Å². The monoisotopic (exact) mass is 474 g/mol. The predicted octanol–water partition coefficient (Wildman–Crippen LogP) is 3.94. The molecule has 2 N–H and O–H groups in total. The van der Waals surface area contributed by atoms with E-state index in [1.165, 1.54) is 6.42 Å². The maximum Gasteiger partial charge on any atom is 0.232 e. The van der Waals surface area contributed by atoms with Crippen LogP contribution in [0.2, 0.25) is 5.02 Å². The number of nitrogens with one attached hydrogen (secondary N) is 2. The lowest BCUT2D eigenvalue weighted by atomic mass is 9.92. The molecule has 2 aliphatic heterocycles. The quantitative estimate of drug-likeness (QED) is 0.632. The van der Waals surface area contributed by atoms with Crippen LogP contribution in [0, 0.1) is 11.8 Å². The van der Waals surface area contributed by atoms with E-state index in [0.717, 1.165) is 43.4 Å². The molecule has 32 heavy (non-hydrogen) atoms. The summed E-state index contributed by atoms with van der Waals surface area (Å²) in [4.78, 5) is 14.2. The lowest BCUT2D eigenvalue weighted by molar-refractivity contribution is 0.122. The maximum absolute atomic E-state index is 6.26. The minimum atomic E-state index is 0.468. The van der Waals surface area contributed by atoms with Crippen LogP contribution >= 0.6 is 23.8 Å². The molecule has 1 aromatic carbocycles. The van der Waals surface area contributed by atoms with Crippen LogP contribution in [0.3, 0.4) is 0 Å². The summed E-state index contributed by atoms with van der Waals surface area (Å²) in [5, 5.41) is 7.57. The number of nitrogens with zero attached hydrogens (tertiary/aromatic N) is 4. The van der Waals surface area contributed by atoms with Gasteiger partial charge in [0.2, 0.25) is 5.95 Å². The van der Waals surface area contributed by atoms with Crippen molar-refractivity contribution < 1.29 is 4.74 Å². The molecule has 1 aromatic heterocycles. The average molecular weight is 475 g/mol. The number of ether oxygens (including phenoxy) is 1. The van der Waals surface area contributed by atoms with Gasteiger partial charge in [0.25, 0.3) is 0 Å². The Balaban J connectivity index is 1.51. The zero-order valence-corrected chi connectivity index (χ0v) is 20.3. The molecular weight excluding hydrogens is 444 g/mol. The van der Waals surface area contributed by atoms with Crippen LogP contribution in [0.25, 0.3) is 0 Å². The third kappa shape index (κ3) is 5.99. The molecule has 0 aliphatic carbocycles. The molecule has 9 heteroatoms. The fourth-order valence-corrected chi connectivity index (χ4v) is 4.77. The first-order valence-corrected chi connectivity index (χ1v) is 12.0. The normalized spacial score (nSPS) is 21.3. The van der Waals surface area contributed by atoms with Crippen molar-refractivity contribution in [1.29, 1.82) is 0 Å². The van der Waals surface area contributed by atoms with Crippen molar-refractivity contribution in [3.05, 3.63) is 40.9 Å². The summed E-state index contributed by atoms with van der Waals surface area (Å²) in [6, 6.07) is 9.82. The summed E-state index contributed by atoms with van der Waals surface area (Å²) in [7, 11) is 0. The average Bonchev–Trinajstić information content (AvgIpc) is 2.78. The van der Waals surface area contributed by atoms with Crippen LogP contribution in [-0.4, -0.2) is 54.5 Å². The Bertz CT molecular complexity index is 928. The van der Waals surface area contributed by atoms with Crippen molar-refractivity contribution in [3.8, 4) is 0 Å². The third-order valence-electron chi connectivity index (χ3n) is 5.85. The number of rotatable bonds is 5. The molecule has 4 rings (SSSR count). The number of thiocarbonyl (C=S) groups is 1. The third-order valence-corrected chi connectivity index (χ3v) is 6.46. The number of hydrogen-bond donors (Lipinski definition) is 2. The number of hydrogen-bond acceptors (Lipinski definition) is 6. The van der Waals surface area contributed by atoms with Crippen molar-refractivity contribution in [2.24, 2.45) is 11.8 Å². The van der Waals surface area contributed by atoms with Gasteiger partial charge in [-0.15, -0.1) is 0 Å².